The molecule has 0 aliphatic heterocycles. The fourth-order valence-corrected chi connectivity index (χ4v) is 1.99. The molecule has 1 nitrogen and oxygen atoms in total. The first-order valence-electron chi connectivity index (χ1n) is 6.10. The summed E-state index contributed by atoms with van der Waals surface area (Å²) >= 11 is 0. The van der Waals surface area contributed by atoms with Gasteiger partial charge in [-0.05, 0) is 42.4 Å². The lowest BCUT2D eigenvalue weighted by atomic mass is 9.86. The molecule has 1 radical (unpaired) electrons. The summed E-state index contributed by atoms with van der Waals surface area (Å²) in [6.45, 7) is 6.73. The molecule has 0 heterocycles. The zero-order valence-corrected chi connectivity index (χ0v) is 10.9. The molecule has 1 heteroatoms. The van der Waals surface area contributed by atoms with Crippen molar-refractivity contribution in [3.05, 3.63) is 35.7 Å². The van der Waals surface area contributed by atoms with Crippen LogP contribution in [0.4, 0.5) is 0 Å². The van der Waals surface area contributed by atoms with Gasteiger partial charge in [0.2, 0.25) is 0 Å². The highest BCUT2D eigenvalue weighted by Crippen LogP contribution is 2.24. The minimum Gasteiger partial charge on any atom is -0.497 e. The highest BCUT2D eigenvalue weighted by Gasteiger charge is 2.13. The Morgan fingerprint density at radius 1 is 1.19 bits per heavy atom. The number of hydrogen-bond donors (Lipinski definition) is 0. The summed E-state index contributed by atoms with van der Waals surface area (Å²) in [7, 11) is 1.71. The highest BCUT2D eigenvalue weighted by molar-refractivity contribution is 5.27. The Kier molecular flexibility index (Phi) is 5.37. The molecule has 0 aromatic heterocycles. The molecule has 0 saturated heterocycles. The van der Waals surface area contributed by atoms with Crippen LogP contribution in [0.25, 0.3) is 0 Å². The molecular weight excluding hydrogens is 196 g/mol. The first-order valence-corrected chi connectivity index (χ1v) is 6.10. The van der Waals surface area contributed by atoms with Crippen LogP contribution >= 0.6 is 0 Å². The second kappa shape index (κ2) is 6.57. The van der Waals surface area contributed by atoms with Crippen molar-refractivity contribution in [1.82, 2.24) is 0 Å². The first-order chi connectivity index (χ1) is 7.67. The maximum Gasteiger partial charge on any atom is 0.118 e. The van der Waals surface area contributed by atoms with E-state index in [1.54, 1.807) is 7.11 Å². The topological polar surface area (TPSA) is 9.23 Å². The lowest BCUT2D eigenvalue weighted by Gasteiger charge is -2.19. The maximum atomic E-state index is 5.16. The quantitative estimate of drug-likeness (QED) is 0.694. The predicted molar refractivity (Wildman–Crippen MR) is 69.7 cm³/mol. The third-order valence-electron chi connectivity index (χ3n) is 3.09. The van der Waals surface area contributed by atoms with E-state index in [1.165, 1.54) is 24.3 Å². The standard InChI is InChI=1S/C15H23O/c1-5-6-14(12(2)3)11-13-7-9-15(16-4)10-8-13/h7-10,14H,5-6,11H2,1-4H3. The van der Waals surface area contributed by atoms with Crippen LogP contribution < -0.4 is 4.74 Å². The second-order valence-corrected chi connectivity index (χ2v) is 4.62. The molecule has 0 N–H and O–H groups in total. The Hall–Kier alpha value is -0.980. The van der Waals surface area contributed by atoms with Crippen molar-refractivity contribution in [1.29, 1.82) is 0 Å². The van der Waals surface area contributed by atoms with Crippen LogP contribution in [0.3, 0.4) is 0 Å². The van der Waals surface area contributed by atoms with Gasteiger partial charge in [-0.15, -0.1) is 0 Å². The lowest BCUT2D eigenvalue weighted by Crippen LogP contribution is -2.10. The van der Waals surface area contributed by atoms with Crippen LogP contribution in [0.1, 0.15) is 39.2 Å². The van der Waals surface area contributed by atoms with Gasteiger partial charge in [-0.2, -0.15) is 0 Å². The van der Waals surface area contributed by atoms with Gasteiger partial charge in [0.25, 0.3) is 0 Å². The van der Waals surface area contributed by atoms with Gasteiger partial charge in [0.15, 0.2) is 0 Å². The average molecular weight is 219 g/mol. The van der Waals surface area contributed by atoms with Gasteiger partial charge in [0.05, 0.1) is 7.11 Å². The van der Waals surface area contributed by atoms with Gasteiger partial charge >= 0.3 is 0 Å². The van der Waals surface area contributed by atoms with Crippen LogP contribution in [0.15, 0.2) is 24.3 Å². The number of hydrogen-bond acceptors (Lipinski definition) is 1. The van der Waals surface area contributed by atoms with Crippen molar-refractivity contribution in [2.75, 3.05) is 7.11 Å². The Balaban J connectivity index is 2.62. The molecule has 1 unspecified atom stereocenters. The van der Waals surface area contributed by atoms with Crippen LogP contribution in [-0.4, -0.2) is 7.11 Å². The minimum atomic E-state index is 0.721. The molecule has 0 bridgehead atoms. The van der Waals surface area contributed by atoms with Crippen molar-refractivity contribution in [2.45, 2.75) is 40.0 Å². The van der Waals surface area contributed by atoms with Gasteiger partial charge in [0.1, 0.15) is 5.75 Å². The molecule has 0 fully saturated rings. The second-order valence-electron chi connectivity index (χ2n) is 4.62. The summed E-state index contributed by atoms with van der Waals surface area (Å²) < 4.78 is 5.16. The first kappa shape index (κ1) is 13.1. The molecule has 1 aromatic rings. The van der Waals surface area contributed by atoms with Gasteiger partial charge in [-0.1, -0.05) is 39.3 Å². The third kappa shape index (κ3) is 3.88. The monoisotopic (exact) mass is 219 g/mol. The summed E-state index contributed by atoms with van der Waals surface area (Å²) in [6.07, 6.45) is 3.69. The van der Waals surface area contributed by atoms with E-state index in [2.05, 4.69) is 32.9 Å². The molecule has 16 heavy (non-hydrogen) atoms. The average Bonchev–Trinajstić information content (AvgIpc) is 2.29. The number of rotatable bonds is 6. The normalized spacial score (nSPS) is 12.8. The van der Waals surface area contributed by atoms with E-state index in [1.807, 2.05) is 12.1 Å². The molecule has 0 saturated carbocycles. The molecule has 1 atom stereocenters. The van der Waals surface area contributed by atoms with E-state index in [9.17, 15) is 0 Å². The molecule has 0 spiro atoms. The van der Waals surface area contributed by atoms with Gasteiger partial charge in [-0.3, -0.25) is 0 Å². The van der Waals surface area contributed by atoms with E-state index in [-0.39, 0.29) is 0 Å². The predicted octanol–water partition coefficient (Wildman–Crippen LogP) is 4.27. The molecule has 1 rings (SSSR count). The number of benzene rings is 1. The van der Waals surface area contributed by atoms with Crippen molar-refractivity contribution in [3.8, 4) is 5.75 Å². The fourth-order valence-electron chi connectivity index (χ4n) is 1.99. The third-order valence-corrected chi connectivity index (χ3v) is 3.09. The summed E-state index contributed by atoms with van der Waals surface area (Å²) in [5, 5.41) is 0. The minimum absolute atomic E-state index is 0.721. The summed E-state index contributed by atoms with van der Waals surface area (Å²) in [5.41, 5.74) is 1.40. The van der Waals surface area contributed by atoms with E-state index in [4.69, 9.17) is 4.74 Å². The van der Waals surface area contributed by atoms with Crippen LogP contribution in [0.5, 0.6) is 5.75 Å². The zero-order chi connectivity index (χ0) is 12.0. The largest absolute Gasteiger partial charge is 0.497 e. The molecule has 0 amide bonds. The highest BCUT2D eigenvalue weighted by atomic mass is 16.5. The molecule has 0 aliphatic rings. The Bertz CT molecular complexity index is 287. The van der Waals surface area contributed by atoms with E-state index in [0.717, 1.165) is 18.1 Å². The van der Waals surface area contributed by atoms with Crippen LogP contribution in [-0.2, 0) is 6.42 Å². The van der Waals surface area contributed by atoms with E-state index in [0.29, 0.717) is 0 Å². The van der Waals surface area contributed by atoms with Crippen molar-refractivity contribution >= 4 is 0 Å². The molecule has 1 aromatic carbocycles. The number of ether oxygens (including phenoxy) is 1. The Morgan fingerprint density at radius 3 is 2.25 bits per heavy atom. The molecule has 89 valence electrons. The molecule has 0 aliphatic carbocycles. The summed E-state index contributed by atoms with van der Waals surface area (Å²) in [4.78, 5) is 0. The van der Waals surface area contributed by atoms with Crippen LogP contribution in [0.2, 0.25) is 0 Å². The van der Waals surface area contributed by atoms with E-state index >= 15 is 0 Å². The van der Waals surface area contributed by atoms with Crippen molar-refractivity contribution in [2.24, 2.45) is 5.92 Å². The molecular formula is C15H23O. The summed E-state index contributed by atoms with van der Waals surface area (Å²) in [5.74, 6) is 3.20. The number of methoxy groups -OCH3 is 1. The fraction of sp³-hybridized carbons (Fsp3) is 0.533. The van der Waals surface area contributed by atoms with E-state index < -0.39 is 0 Å². The Labute approximate surface area is 99.8 Å². The maximum absolute atomic E-state index is 5.16. The Morgan fingerprint density at radius 2 is 1.81 bits per heavy atom. The SMILES string of the molecule is CCCC(Cc1ccc(OC)cc1)[C](C)C. The summed E-state index contributed by atoms with van der Waals surface area (Å²) in [6, 6.07) is 8.43. The lowest BCUT2D eigenvalue weighted by molar-refractivity contribution is 0.414. The smallest absolute Gasteiger partial charge is 0.118 e. The van der Waals surface area contributed by atoms with Crippen molar-refractivity contribution in [3.63, 3.8) is 0 Å². The van der Waals surface area contributed by atoms with Gasteiger partial charge in [-0.25, -0.2) is 0 Å². The van der Waals surface area contributed by atoms with Crippen LogP contribution in [0, 0.1) is 11.8 Å². The zero-order valence-electron chi connectivity index (χ0n) is 10.9. The van der Waals surface area contributed by atoms with Crippen molar-refractivity contribution < 1.29 is 4.74 Å². The van der Waals surface area contributed by atoms with Gasteiger partial charge < -0.3 is 4.74 Å². The van der Waals surface area contributed by atoms with Gasteiger partial charge in [0, 0.05) is 0 Å².